The molecular formula is C17H22N2O2. The van der Waals surface area contributed by atoms with E-state index in [9.17, 15) is 9.59 Å². The maximum Gasteiger partial charge on any atom is 0.225 e. The van der Waals surface area contributed by atoms with Gasteiger partial charge >= 0.3 is 0 Å². The predicted octanol–water partition coefficient (Wildman–Crippen LogP) is 1.95. The van der Waals surface area contributed by atoms with Crippen molar-refractivity contribution in [2.24, 2.45) is 11.8 Å². The van der Waals surface area contributed by atoms with Gasteiger partial charge in [0.1, 0.15) is 0 Å². The third kappa shape index (κ3) is 3.84. The summed E-state index contributed by atoms with van der Waals surface area (Å²) >= 11 is 0. The summed E-state index contributed by atoms with van der Waals surface area (Å²) < 4.78 is 0. The third-order valence-corrected chi connectivity index (χ3v) is 4.33. The molecule has 2 aliphatic rings. The molecule has 1 unspecified atom stereocenters. The molecule has 0 aromatic heterocycles. The average molecular weight is 286 g/mol. The highest BCUT2D eigenvalue weighted by Gasteiger charge is 2.36. The molecule has 3 rings (SSSR count). The fraction of sp³-hybridized carbons (Fsp3) is 0.529. The Bertz CT molecular complexity index is 511. The zero-order valence-electron chi connectivity index (χ0n) is 12.3. The lowest BCUT2D eigenvalue weighted by Gasteiger charge is -2.16. The van der Waals surface area contributed by atoms with E-state index in [0.29, 0.717) is 24.8 Å². The molecule has 1 atom stereocenters. The third-order valence-electron chi connectivity index (χ3n) is 4.33. The first kappa shape index (κ1) is 14.1. The van der Waals surface area contributed by atoms with Crippen molar-refractivity contribution in [3.8, 4) is 0 Å². The van der Waals surface area contributed by atoms with Gasteiger partial charge in [0.05, 0.1) is 0 Å². The van der Waals surface area contributed by atoms with Gasteiger partial charge in [0.25, 0.3) is 0 Å². The summed E-state index contributed by atoms with van der Waals surface area (Å²) in [6.07, 6.45) is 3.59. The van der Waals surface area contributed by atoms with Gasteiger partial charge in [0.15, 0.2) is 0 Å². The van der Waals surface area contributed by atoms with Crippen LogP contribution in [0.15, 0.2) is 30.3 Å². The monoisotopic (exact) mass is 286 g/mol. The number of likely N-dealkylation sites (tertiary alicyclic amines) is 1. The number of carbonyl (C=O) groups excluding carboxylic acids is 2. The lowest BCUT2D eigenvalue weighted by Crippen LogP contribution is -2.31. The smallest absolute Gasteiger partial charge is 0.225 e. The number of nitrogens with zero attached hydrogens (tertiary/aromatic N) is 1. The van der Waals surface area contributed by atoms with Crippen molar-refractivity contribution in [2.45, 2.75) is 32.2 Å². The van der Waals surface area contributed by atoms with Crippen LogP contribution in [0.2, 0.25) is 0 Å². The van der Waals surface area contributed by atoms with Crippen molar-refractivity contribution in [1.29, 1.82) is 0 Å². The summed E-state index contributed by atoms with van der Waals surface area (Å²) in [5.41, 5.74) is 1.11. The molecule has 4 nitrogen and oxygen atoms in total. The zero-order chi connectivity index (χ0) is 14.7. The molecule has 1 aliphatic heterocycles. The van der Waals surface area contributed by atoms with E-state index >= 15 is 0 Å². The molecule has 112 valence electrons. The quantitative estimate of drug-likeness (QED) is 0.899. The number of benzene rings is 1. The van der Waals surface area contributed by atoms with Gasteiger partial charge in [-0.25, -0.2) is 0 Å². The first-order chi connectivity index (χ1) is 10.2. The van der Waals surface area contributed by atoms with Crippen molar-refractivity contribution in [2.75, 3.05) is 13.1 Å². The van der Waals surface area contributed by atoms with Crippen LogP contribution in [-0.2, 0) is 16.1 Å². The standard InChI is InChI=1S/C17H22N2O2/c20-16(18-11-13-4-2-1-3-5-13)10-14-8-9-19(12-14)17(21)15-6-7-15/h1-5,14-15H,6-12H2,(H,18,20). The largest absolute Gasteiger partial charge is 0.352 e. The molecule has 0 radical (unpaired) electrons. The first-order valence-electron chi connectivity index (χ1n) is 7.82. The normalized spacial score (nSPS) is 21.3. The number of rotatable bonds is 5. The van der Waals surface area contributed by atoms with Gasteiger partial charge in [-0.15, -0.1) is 0 Å². The second-order valence-electron chi connectivity index (χ2n) is 6.18. The van der Waals surface area contributed by atoms with Gasteiger partial charge in [-0.3, -0.25) is 9.59 Å². The van der Waals surface area contributed by atoms with Crippen LogP contribution in [0, 0.1) is 11.8 Å². The summed E-state index contributed by atoms with van der Waals surface area (Å²) in [6.45, 7) is 2.16. The Morgan fingerprint density at radius 1 is 1.14 bits per heavy atom. The summed E-state index contributed by atoms with van der Waals surface area (Å²) in [4.78, 5) is 25.9. The highest BCUT2D eigenvalue weighted by Crippen LogP contribution is 2.33. The highest BCUT2D eigenvalue weighted by molar-refractivity contribution is 5.81. The number of nitrogens with one attached hydrogen (secondary N) is 1. The van der Waals surface area contributed by atoms with E-state index in [1.54, 1.807) is 0 Å². The summed E-state index contributed by atoms with van der Waals surface area (Å²) in [7, 11) is 0. The maximum atomic E-state index is 12.0. The Hall–Kier alpha value is -1.84. The molecule has 1 aliphatic carbocycles. The second-order valence-corrected chi connectivity index (χ2v) is 6.18. The van der Waals surface area contributed by atoms with Gasteiger partial charge in [-0.05, 0) is 30.7 Å². The van der Waals surface area contributed by atoms with Crippen molar-refractivity contribution >= 4 is 11.8 Å². The summed E-state index contributed by atoms with van der Waals surface area (Å²) in [6, 6.07) is 9.92. The van der Waals surface area contributed by atoms with Crippen molar-refractivity contribution in [3.05, 3.63) is 35.9 Å². The number of hydrogen-bond donors (Lipinski definition) is 1. The molecule has 1 saturated heterocycles. The fourth-order valence-electron chi connectivity index (χ4n) is 2.92. The summed E-state index contributed by atoms with van der Waals surface area (Å²) in [5, 5.41) is 2.96. The van der Waals surface area contributed by atoms with E-state index in [0.717, 1.165) is 37.9 Å². The molecule has 1 heterocycles. The van der Waals surface area contributed by atoms with Crippen LogP contribution in [0.3, 0.4) is 0 Å². The Morgan fingerprint density at radius 3 is 2.62 bits per heavy atom. The zero-order valence-corrected chi connectivity index (χ0v) is 12.3. The van der Waals surface area contributed by atoms with Gasteiger partial charge in [-0.2, -0.15) is 0 Å². The van der Waals surface area contributed by atoms with E-state index < -0.39 is 0 Å². The molecule has 0 bridgehead atoms. The predicted molar refractivity (Wildman–Crippen MR) is 80.3 cm³/mol. The fourth-order valence-corrected chi connectivity index (χ4v) is 2.92. The van der Waals surface area contributed by atoms with Crippen LogP contribution < -0.4 is 5.32 Å². The Kier molecular flexibility index (Phi) is 4.23. The van der Waals surface area contributed by atoms with Crippen molar-refractivity contribution in [1.82, 2.24) is 10.2 Å². The Morgan fingerprint density at radius 2 is 1.90 bits per heavy atom. The van der Waals surface area contributed by atoms with Crippen LogP contribution in [0.1, 0.15) is 31.2 Å². The Balaban J connectivity index is 1.40. The SMILES string of the molecule is O=C(CC1CCN(C(=O)C2CC2)C1)NCc1ccccc1. The molecule has 21 heavy (non-hydrogen) atoms. The van der Waals surface area contributed by atoms with Crippen LogP contribution >= 0.6 is 0 Å². The molecule has 2 fully saturated rings. The lowest BCUT2D eigenvalue weighted by atomic mass is 10.0. The second kappa shape index (κ2) is 6.29. The van der Waals surface area contributed by atoms with E-state index in [2.05, 4.69) is 5.32 Å². The minimum Gasteiger partial charge on any atom is -0.352 e. The van der Waals surface area contributed by atoms with E-state index in [1.807, 2.05) is 35.2 Å². The minimum atomic E-state index is 0.0876. The molecule has 1 N–H and O–H groups in total. The molecule has 1 saturated carbocycles. The maximum absolute atomic E-state index is 12.0. The first-order valence-corrected chi connectivity index (χ1v) is 7.82. The van der Waals surface area contributed by atoms with Crippen LogP contribution in [0.4, 0.5) is 0 Å². The molecular weight excluding hydrogens is 264 g/mol. The summed E-state index contributed by atoms with van der Waals surface area (Å²) in [5.74, 6) is 1.01. The van der Waals surface area contributed by atoms with Gasteiger partial charge in [0.2, 0.25) is 11.8 Å². The van der Waals surface area contributed by atoms with E-state index in [4.69, 9.17) is 0 Å². The number of hydrogen-bond acceptors (Lipinski definition) is 2. The van der Waals surface area contributed by atoms with Crippen LogP contribution in [0.25, 0.3) is 0 Å². The topological polar surface area (TPSA) is 49.4 Å². The van der Waals surface area contributed by atoms with E-state index in [1.165, 1.54) is 0 Å². The molecule has 4 heteroatoms. The minimum absolute atomic E-state index is 0.0876. The molecule has 2 amide bonds. The molecule has 1 aromatic carbocycles. The molecule has 1 aromatic rings. The van der Waals surface area contributed by atoms with Crippen molar-refractivity contribution in [3.63, 3.8) is 0 Å². The van der Waals surface area contributed by atoms with Gasteiger partial charge < -0.3 is 10.2 Å². The van der Waals surface area contributed by atoms with E-state index in [-0.39, 0.29) is 11.8 Å². The highest BCUT2D eigenvalue weighted by atomic mass is 16.2. The molecule has 0 spiro atoms. The number of carbonyl (C=O) groups is 2. The van der Waals surface area contributed by atoms with Crippen LogP contribution in [0.5, 0.6) is 0 Å². The average Bonchev–Trinajstić information content (AvgIpc) is 3.26. The van der Waals surface area contributed by atoms with Gasteiger partial charge in [-0.1, -0.05) is 30.3 Å². The van der Waals surface area contributed by atoms with Crippen molar-refractivity contribution < 1.29 is 9.59 Å². The number of amides is 2. The van der Waals surface area contributed by atoms with Crippen LogP contribution in [-0.4, -0.2) is 29.8 Å². The lowest BCUT2D eigenvalue weighted by molar-refractivity contribution is -0.132. The van der Waals surface area contributed by atoms with Gasteiger partial charge in [0, 0.05) is 32.0 Å². The Labute approximate surface area is 125 Å².